The van der Waals surface area contributed by atoms with Crippen molar-refractivity contribution in [3.8, 4) is 0 Å². The summed E-state index contributed by atoms with van der Waals surface area (Å²) >= 11 is 0. The number of rotatable bonds is 13. The van der Waals surface area contributed by atoms with Gasteiger partial charge in [0.1, 0.15) is 0 Å². The average Bonchev–Trinajstić information content (AvgIpc) is 2.53. The van der Waals surface area contributed by atoms with E-state index in [9.17, 15) is 13.0 Å². The summed E-state index contributed by atoms with van der Waals surface area (Å²) in [6, 6.07) is 0. The van der Waals surface area contributed by atoms with Crippen LogP contribution in [0.2, 0.25) is 0 Å². The molecule has 25 heavy (non-hydrogen) atoms. The maximum Gasteiger partial charge on any atom is 1.00 e. The van der Waals surface area contributed by atoms with Crippen LogP contribution < -0.4 is 29.6 Å². The van der Waals surface area contributed by atoms with Gasteiger partial charge in [-0.05, 0) is 12.8 Å². The van der Waals surface area contributed by atoms with Crippen LogP contribution in [0.3, 0.4) is 0 Å². The zero-order chi connectivity index (χ0) is 17.9. The Bertz CT molecular complexity index is 421. The molecule has 1 heterocycles. The molecule has 0 spiro atoms. The van der Waals surface area contributed by atoms with Crippen molar-refractivity contribution < 1.29 is 56.2 Å². The summed E-state index contributed by atoms with van der Waals surface area (Å²) in [4.78, 5) is 0. The van der Waals surface area contributed by atoms with E-state index in [1.807, 2.05) is 0 Å². The maximum atomic E-state index is 10.5. The Labute approximate surface area is 175 Å². The molecule has 0 bridgehead atoms. The Morgan fingerprint density at radius 1 is 1.00 bits per heavy atom. The molecule has 1 saturated heterocycles. The Hall–Kier alpha value is 0.790. The molecular weight excluding hydrogens is 355 g/mol. The molecule has 0 aromatic carbocycles. The van der Waals surface area contributed by atoms with Crippen LogP contribution in [0.15, 0.2) is 0 Å². The zero-order valence-corrected chi connectivity index (χ0v) is 18.9. The molecule has 1 aliphatic heterocycles. The Morgan fingerprint density at radius 3 is 1.96 bits per heavy atom. The minimum Gasteiger partial charge on any atom is -0.726 e. The van der Waals surface area contributed by atoms with Gasteiger partial charge in [0, 0.05) is 5.41 Å². The van der Waals surface area contributed by atoms with Gasteiger partial charge in [-0.1, -0.05) is 65.2 Å². The van der Waals surface area contributed by atoms with Crippen LogP contribution in [-0.4, -0.2) is 39.1 Å². The van der Waals surface area contributed by atoms with Crippen molar-refractivity contribution in [3.05, 3.63) is 0 Å². The minimum absolute atomic E-state index is 0. The van der Waals surface area contributed by atoms with E-state index in [-0.39, 0.29) is 42.5 Å². The van der Waals surface area contributed by atoms with E-state index in [2.05, 4.69) is 11.1 Å². The van der Waals surface area contributed by atoms with Gasteiger partial charge in [0.25, 0.3) is 0 Å². The van der Waals surface area contributed by atoms with Gasteiger partial charge in [0.15, 0.2) is 6.29 Å². The Morgan fingerprint density at radius 2 is 1.48 bits per heavy atom. The van der Waals surface area contributed by atoms with Crippen molar-refractivity contribution in [2.75, 3.05) is 19.8 Å². The van der Waals surface area contributed by atoms with Gasteiger partial charge in [0.2, 0.25) is 10.4 Å². The molecule has 0 aromatic heterocycles. The van der Waals surface area contributed by atoms with Gasteiger partial charge >= 0.3 is 29.6 Å². The van der Waals surface area contributed by atoms with E-state index in [1.165, 1.54) is 51.4 Å². The first-order chi connectivity index (χ1) is 11.3. The van der Waals surface area contributed by atoms with Crippen LogP contribution in [0.5, 0.6) is 0 Å². The largest absolute Gasteiger partial charge is 1.00 e. The Balaban J connectivity index is 0.00000576. The molecule has 0 amide bonds. The van der Waals surface area contributed by atoms with E-state index in [1.54, 1.807) is 6.92 Å². The van der Waals surface area contributed by atoms with Gasteiger partial charge in [0.05, 0.1) is 19.8 Å². The fourth-order valence-corrected chi connectivity index (χ4v) is 3.19. The minimum atomic E-state index is -4.67. The SMILES string of the molecule is CCCCCCCCCCCC1OCC(C)(COS(=O)(=O)[O-])CO1.[Na+]. The van der Waals surface area contributed by atoms with Crippen molar-refractivity contribution >= 4 is 10.4 Å². The molecular formula is C17H33NaO6S. The molecule has 8 heteroatoms. The van der Waals surface area contributed by atoms with Crippen molar-refractivity contribution in [1.82, 2.24) is 0 Å². The molecule has 0 N–H and O–H groups in total. The summed E-state index contributed by atoms with van der Waals surface area (Å²) < 4.78 is 47.2. The number of ether oxygens (including phenoxy) is 2. The standard InChI is InChI=1S/C17H34O6S.Na/c1-3-4-5-6-7-8-9-10-11-12-16-21-13-17(2,14-22-16)15-23-24(18,19)20;/h16H,3-15H2,1-2H3,(H,18,19,20);/q;+1/p-1. The van der Waals surface area contributed by atoms with E-state index in [4.69, 9.17) is 9.47 Å². The second-order valence-electron chi connectivity index (χ2n) is 7.15. The van der Waals surface area contributed by atoms with E-state index in [0.717, 1.165) is 12.8 Å². The molecule has 0 aromatic rings. The van der Waals surface area contributed by atoms with Gasteiger partial charge in [-0.15, -0.1) is 0 Å². The molecule has 1 rings (SSSR count). The summed E-state index contributed by atoms with van der Waals surface area (Å²) in [6.07, 6.45) is 12.1. The fraction of sp³-hybridized carbons (Fsp3) is 1.00. The molecule has 0 aliphatic carbocycles. The molecule has 0 radical (unpaired) electrons. The van der Waals surface area contributed by atoms with E-state index < -0.39 is 15.8 Å². The first-order valence-corrected chi connectivity index (χ1v) is 10.5. The second kappa shape index (κ2) is 13.9. The van der Waals surface area contributed by atoms with Crippen LogP contribution >= 0.6 is 0 Å². The zero-order valence-electron chi connectivity index (χ0n) is 16.1. The van der Waals surface area contributed by atoms with Crippen LogP contribution in [0.4, 0.5) is 0 Å². The normalized spacial score (nSPS) is 24.0. The molecule has 0 unspecified atom stereocenters. The fourth-order valence-electron chi connectivity index (χ4n) is 2.76. The molecule has 1 fully saturated rings. The monoisotopic (exact) mass is 388 g/mol. The number of hydrogen-bond donors (Lipinski definition) is 0. The molecule has 144 valence electrons. The van der Waals surface area contributed by atoms with Crippen molar-refractivity contribution in [3.63, 3.8) is 0 Å². The number of hydrogen-bond acceptors (Lipinski definition) is 6. The summed E-state index contributed by atoms with van der Waals surface area (Å²) in [6.45, 7) is 4.49. The van der Waals surface area contributed by atoms with E-state index >= 15 is 0 Å². The molecule has 0 atom stereocenters. The summed E-state index contributed by atoms with van der Waals surface area (Å²) in [7, 11) is -4.67. The molecule has 6 nitrogen and oxygen atoms in total. The van der Waals surface area contributed by atoms with Gasteiger partial charge in [-0.2, -0.15) is 0 Å². The maximum absolute atomic E-state index is 10.5. The second-order valence-corrected chi connectivity index (χ2v) is 8.20. The van der Waals surface area contributed by atoms with Crippen molar-refractivity contribution in [2.24, 2.45) is 5.41 Å². The van der Waals surface area contributed by atoms with Gasteiger partial charge < -0.3 is 14.0 Å². The van der Waals surface area contributed by atoms with Crippen LogP contribution in [0, 0.1) is 5.41 Å². The predicted octanol–water partition coefficient (Wildman–Crippen LogP) is 0.767. The smallest absolute Gasteiger partial charge is 0.726 e. The summed E-state index contributed by atoms with van der Waals surface area (Å²) in [5.41, 5.74) is -0.591. The van der Waals surface area contributed by atoms with Crippen LogP contribution in [0.25, 0.3) is 0 Å². The molecule has 1 aliphatic rings. The third kappa shape index (κ3) is 13.6. The Kier molecular flexibility index (Phi) is 14.3. The van der Waals surface area contributed by atoms with Gasteiger partial charge in [-0.3, -0.25) is 4.18 Å². The van der Waals surface area contributed by atoms with Crippen molar-refractivity contribution in [2.45, 2.75) is 84.3 Å². The first-order valence-electron chi connectivity index (χ1n) is 9.18. The van der Waals surface area contributed by atoms with E-state index in [0.29, 0.717) is 13.2 Å². The van der Waals surface area contributed by atoms with Gasteiger partial charge in [-0.25, -0.2) is 8.42 Å². The van der Waals surface area contributed by atoms with Crippen LogP contribution in [-0.2, 0) is 24.1 Å². The molecule has 0 saturated carbocycles. The summed E-state index contributed by atoms with van der Waals surface area (Å²) in [5.74, 6) is 0. The topological polar surface area (TPSA) is 84.9 Å². The first kappa shape index (κ1) is 25.8. The third-order valence-corrected chi connectivity index (χ3v) is 4.74. The average molecular weight is 389 g/mol. The quantitative estimate of drug-likeness (QED) is 0.201. The third-order valence-electron chi connectivity index (χ3n) is 4.33. The van der Waals surface area contributed by atoms with Crippen LogP contribution in [0.1, 0.15) is 78.1 Å². The summed E-state index contributed by atoms with van der Waals surface area (Å²) in [5, 5.41) is 0. The number of unbranched alkanes of at least 4 members (excludes halogenated alkanes) is 8. The van der Waals surface area contributed by atoms with Crippen molar-refractivity contribution in [1.29, 1.82) is 0 Å². The predicted molar refractivity (Wildman–Crippen MR) is 91.3 cm³/mol.